The van der Waals surface area contributed by atoms with Gasteiger partial charge in [0.2, 0.25) is 5.91 Å². The minimum absolute atomic E-state index is 0. The van der Waals surface area contributed by atoms with E-state index in [0.29, 0.717) is 19.4 Å². The van der Waals surface area contributed by atoms with Crippen molar-refractivity contribution in [2.45, 2.75) is 38.8 Å². The third kappa shape index (κ3) is 3.73. The summed E-state index contributed by atoms with van der Waals surface area (Å²) in [5.74, 6) is 5.59. The van der Waals surface area contributed by atoms with Crippen LogP contribution in [0.1, 0.15) is 31.0 Å². The molecule has 2 aromatic rings. The van der Waals surface area contributed by atoms with Crippen molar-refractivity contribution >= 4 is 29.9 Å². The van der Waals surface area contributed by atoms with Crippen LogP contribution in [0.15, 0.2) is 36.8 Å². The van der Waals surface area contributed by atoms with Crippen molar-refractivity contribution < 1.29 is 9.59 Å². The number of nitrogens with zero attached hydrogens (tertiary/aromatic N) is 4. The maximum Gasteiger partial charge on any atom is 0.251 e. The molecule has 0 saturated carbocycles. The van der Waals surface area contributed by atoms with Crippen molar-refractivity contribution in [1.82, 2.24) is 14.6 Å². The van der Waals surface area contributed by atoms with Crippen LogP contribution in [0.4, 0.5) is 5.69 Å². The minimum atomic E-state index is -0.659. The lowest BCUT2D eigenvalue weighted by Gasteiger charge is -2.30. The molecule has 0 radical (unpaired) electrons. The number of hydrogen-bond donors (Lipinski definition) is 1. The Morgan fingerprint density at radius 3 is 2.77 bits per heavy atom. The fraction of sp³-hybridized carbons (Fsp3) is 0.389. The molecule has 0 unspecified atom stereocenters. The summed E-state index contributed by atoms with van der Waals surface area (Å²) < 4.78 is 1.88. The van der Waals surface area contributed by atoms with Crippen LogP contribution in [-0.4, -0.2) is 32.4 Å². The van der Waals surface area contributed by atoms with Crippen LogP contribution in [0.25, 0.3) is 0 Å². The first-order chi connectivity index (χ1) is 12.0. The third-order valence-electron chi connectivity index (χ3n) is 4.68. The van der Waals surface area contributed by atoms with Crippen LogP contribution < -0.4 is 10.7 Å². The fourth-order valence-corrected chi connectivity index (χ4v) is 3.18. The molecule has 26 heavy (non-hydrogen) atoms. The Labute approximate surface area is 159 Å². The number of anilines is 1. The second-order valence-corrected chi connectivity index (χ2v) is 6.26. The van der Waals surface area contributed by atoms with Crippen molar-refractivity contribution in [2.24, 2.45) is 12.9 Å². The SMILES string of the molecule is CCC(=O)N(N)[C@H]1CCc2ccccc2N(Cc2cncn2C)C1=O.Cl. The van der Waals surface area contributed by atoms with Gasteiger partial charge in [0.25, 0.3) is 5.91 Å². The van der Waals surface area contributed by atoms with E-state index in [1.54, 1.807) is 24.3 Å². The molecule has 1 aromatic heterocycles. The number of halogens is 1. The molecule has 0 aliphatic carbocycles. The van der Waals surface area contributed by atoms with Crippen LogP contribution >= 0.6 is 12.4 Å². The molecule has 1 aliphatic heterocycles. The Kier molecular flexibility index (Phi) is 6.39. The van der Waals surface area contributed by atoms with E-state index in [9.17, 15) is 9.59 Å². The molecule has 2 amide bonds. The molecular formula is C18H24ClN5O2. The fourth-order valence-electron chi connectivity index (χ4n) is 3.18. The smallest absolute Gasteiger partial charge is 0.251 e. The first-order valence-corrected chi connectivity index (χ1v) is 8.44. The van der Waals surface area contributed by atoms with Crippen LogP contribution in [0.5, 0.6) is 0 Å². The van der Waals surface area contributed by atoms with Gasteiger partial charge in [0.05, 0.1) is 18.6 Å². The number of carbonyl (C=O) groups excluding carboxylic acids is 2. The van der Waals surface area contributed by atoms with Gasteiger partial charge in [0.1, 0.15) is 6.04 Å². The summed E-state index contributed by atoms with van der Waals surface area (Å²) in [6.45, 7) is 2.13. The quantitative estimate of drug-likeness (QED) is 0.500. The molecule has 0 bridgehead atoms. The average molecular weight is 378 g/mol. The zero-order valence-electron chi connectivity index (χ0n) is 15.0. The van der Waals surface area contributed by atoms with Crippen LogP contribution in [0.3, 0.4) is 0 Å². The number of nitrogens with two attached hydrogens (primary N) is 1. The van der Waals surface area contributed by atoms with Gasteiger partial charge in [-0.1, -0.05) is 25.1 Å². The molecule has 7 nitrogen and oxygen atoms in total. The number of imidazole rings is 1. The molecule has 0 saturated heterocycles. The second kappa shape index (κ2) is 8.33. The predicted molar refractivity (Wildman–Crippen MR) is 102 cm³/mol. The monoisotopic (exact) mass is 377 g/mol. The van der Waals surface area contributed by atoms with E-state index in [4.69, 9.17) is 5.84 Å². The molecule has 1 aliphatic rings. The van der Waals surface area contributed by atoms with Crippen LogP contribution in [0, 0.1) is 0 Å². The maximum atomic E-state index is 13.2. The van der Waals surface area contributed by atoms with Gasteiger partial charge in [-0.15, -0.1) is 12.4 Å². The number of carbonyl (C=O) groups is 2. The van der Waals surface area contributed by atoms with Crippen molar-refractivity contribution in [3.8, 4) is 0 Å². The summed E-state index contributed by atoms with van der Waals surface area (Å²) in [6.07, 6.45) is 4.93. The van der Waals surface area contributed by atoms with Crippen LogP contribution in [-0.2, 0) is 29.6 Å². The van der Waals surface area contributed by atoms with E-state index in [1.807, 2.05) is 35.9 Å². The number of aryl methyl sites for hydroxylation is 2. The minimum Gasteiger partial charge on any atom is -0.336 e. The van der Waals surface area contributed by atoms with E-state index in [1.165, 1.54) is 0 Å². The summed E-state index contributed by atoms with van der Waals surface area (Å²) in [6, 6.07) is 7.18. The highest BCUT2D eigenvalue weighted by Gasteiger charge is 2.35. The van der Waals surface area contributed by atoms with E-state index < -0.39 is 6.04 Å². The van der Waals surface area contributed by atoms with Gasteiger partial charge in [-0.2, -0.15) is 0 Å². The maximum absolute atomic E-state index is 13.2. The standard InChI is InChI=1S/C18H23N5O2.ClH/c1-3-17(24)23(19)16-9-8-13-6-4-5-7-15(13)22(18(16)25)11-14-10-20-12-21(14)2;/h4-7,10,12,16H,3,8-9,11,19H2,1-2H3;1H/t16-;/m0./s1. The predicted octanol–water partition coefficient (Wildman–Crippen LogP) is 1.80. The molecule has 3 rings (SSSR count). The molecule has 2 heterocycles. The summed E-state index contributed by atoms with van der Waals surface area (Å²) >= 11 is 0. The molecule has 0 spiro atoms. The third-order valence-corrected chi connectivity index (χ3v) is 4.68. The summed E-state index contributed by atoms with van der Waals surface area (Å²) in [5.41, 5.74) is 2.86. The van der Waals surface area contributed by atoms with Gasteiger partial charge in [0, 0.05) is 25.4 Å². The normalized spacial score (nSPS) is 16.5. The lowest BCUT2D eigenvalue weighted by molar-refractivity contribution is -0.139. The van der Waals surface area contributed by atoms with E-state index in [2.05, 4.69) is 4.98 Å². The summed E-state index contributed by atoms with van der Waals surface area (Å²) in [7, 11) is 1.89. The van der Waals surface area contributed by atoms with Gasteiger partial charge in [-0.25, -0.2) is 10.8 Å². The molecule has 8 heteroatoms. The van der Waals surface area contributed by atoms with E-state index in [-0.39, 0.29) is 30.6 Å². The Hall–Kier alpha value is -2.38. The zero-order valence-corrected chi connectivity index (χ0v) is 15.8. The van der Waals surface area contributed by atoms with Gasteiger partial charge in [0.15, 0.2) is 0 Å². The Morgan fingerprint density at radius 2 is 2.12 bits per heavy atom. The molecule has 140 valence electrons. The highest BCUT2D eigenvalue weighted by Crippen LogP contribution is 2.29. The first-order valence-electron chi connectivity index (χ1n) is 8.44. The van der Waals surface area contributed by atoms with Crippen LogP contribution in [0.2, 0.25) is 0 Å². The highest BCUT2D eigenvalue weighted by molar-refractivity contribution is 6.00. The number of para-hydroxylation sites is 1. The molecule has 1 aromatic carbocycles. The lowest BCUT2D eigenvalue weighted by Crippen LogP contribution is -2.53. The average Bonchev–Trinajstić information content (AvgIpc) is 2.97. The summed E-state index contributed by atoms with van der Waals surface area (Å²) in [5, 5.41) is 1.10. The number of aromatic nitrogens is 2. The zero-order chi connectivity index (χ0) is 18.0. The van der Waals surface area contributed by atoms with Gasteiger partial charge < -0.3 is 9.47 Å². The largest absolute Gasteiger partial charge is 0.336 e. The van der Waals surface area contributed by atoms with Crippen molar-refractivity contribution in [1.29, 1.82) is 0 Å². The molecule has 1 atom stereocenters. The van der Waals surface area contributed by atoms with E-state index in [0.717, 1.165) is 22.0 Å². The number of benzene rings is 1. The van der Waals surface area contributed by atoms with Gasteiger partial charge in [-0.05, 0) is 24.5 Å². The molecule has 2 N–H and O–H groups in total. The Bertz CT molecular complexity index is 791. The van der Waals surface area contributed by atoms with Gasteiger partial charge >= 0.3 is 0 Å². The second-order valence-electron chi connectivity index (χ2n) is 6.26. The van der Waals surface area contributed by atoms with Crippen molar-refractivity contribution in [2.75, 3.05) is 4.90 Å². The van der Waals surface area contributed by atoms with Crippen molar-refractivity contribution in [3.05, 3.63) is 48.0 Å². The first kappa shape index (κ1) is 19.9. The molecular weight excluding hydrogens is 354 g/mol. The Morgan fingerprint density at radius 1 is 1.38 bits per heavy atom. The Balaban J connectivity index is 0.00000243. The van der Waals surface area contributed by atoms with E-state index >= 15 is 0 Å². The highest BCUT2D eigenvalue weighted by atomic mass is 35.5. The number of fused-ring (bicyclic) bond motifs is 1. The number of hydrazine groups is 1. The molecule has 0 fully saturated rings. The number of amides is 2. The lowest BCUT2D eigenvalue weighted by atomic mass is 10.1. The number of rotatable bonds is 4. The van der Waals surface area contributed by atoms with Crippen molar-refractivity contribution in [3.63, 3.8) is 0 Å². The van der Waals surface area contributed by atoms with Gasteiger partial charge in [-0.3, -0.25) is 14.6 Å². The summed E-state index contributed by atoms with van der Waals surface area (Å²) in [4.78, 5) is 31.1. The number of hydrogen-bond acceptors (Lipinski definition) is 4. The topological polar surface area (TPSA) is 84.5 Å².